The summed E-state index contributed by atoms with van der Waals surface area (Å²) in [6.07, 6.45) is 0.134. The number of hydrogen-bond donors (Lipinski definition) is 2. The van der Waals surface area contributed by atoms with E-state index in [0.717, 1.165) is 5.69 Å². The van der Waals surface area contributed by atoms with Gasteiger partial charge in [0.05, 0.1) is 5.92 Å². The van der Waals surface area contributed by atoms with E-state index in [-0.39, 0.29) is 18.2 Å². The monoisotopic (exact) mass is 289 g/mol. The van der Waals surface area contributed by atoms with Crippen LogP contribution in [0.15, 0.2) is 30.3 Å². The van der Waals surface area contributed by atoms with E-state index in [1.54, 1.807) is 18.7 Å². The maximum atomic E-state index is 12.2. The number of primary amides is 1. The lowest BCUT2D eigenvalue weighted by Gasteiger charge is -2.24. The number of nitrogens with zero attached hydrogens (tertiary/aromatic N) is 1. The Bertz CT molecular complexity index is 569. The number of benzene rings is 1. The van der Waals surface area contributed by atoms with Gasteiger partial charge in [-0.15, -0.1) is 0 Å². The third-order valence-electron chi connectivity index (χ3n) is 3.62. The molecular formula is C15H19N3O3. The number of amides is 3. The number of nitrogens with one attached hydrogen (secondary N) is 1. The molecular weight excluding hydrogens is 270 g/mol. The predicted molar refractivity (Wildman–Crippen MR) is 78.3 cm³/mol. The van der Waals surface area contributed by atoms with Gasteiger partial charge in [0, 0.05) is 18.7 Å². The Morgan fingerprint density at radius 1 is 1.29 bits per heavy atom. The molecule has 2 rings (SSSR count). The van der Waals surface area contributed by atoms with E-state index in [9.17, 15) is 14.4 Å². The maximum absolute atomic E-state index is 12.2. The van der Waals surface area contributed by atoms with Gasteiger partial charge in [-0.3, -0.25) is 14.4 Å². The first kappa shape index (κ1) is 15.0. The SMILES string of the molecule is CC(C)(NC(=O)[C@H]1CC(=O)N(c2ccccc2)C1)C(N)=O. The standard InChI is InChI=1S/C15H19N3O3/c1-15(2,14(16)21)17-13(20)10-8-12(19)18(9-10)11-6-4-3-5-7-11/h3-7,10H,8-9H2,1-2H3,(H2,16,21)(H,17,20)/t10-/m0/s1. The quantitative estimate of drug-likeness (QED) is 0.841. The summed E-state index contributed by atoms with van der Waals surface area (Å²) in [6, 6.07) is 9.19. The van der Waals surface area contributed by atoms with Gasteiger partial charge >= 0.3 is 0 Å². The lowest BCUT2D eigenvalue weighted by atomic mass is 10.0. The Kier molecular flexibility index (Phi) is 3.97. The topological polar surface area (TPSA) is 92.5 Å². The van der Waals surface area contributed by atoms with Crippen molar-refractivity contribution in [3.8, 4) is 0 Å². The number of para-hydroxylation sites is 1. The van der Waals surface area contributed by atoms with Crippen LogP contribution in [0.5, 0.6) is 0 Å². The normalized spacial score (nSPS) is 18.7. The van der Waals surface area contributed by atoms with Crippen LogP contribution in [0.1, 0.15) is 20.3 Å². The number of anilines is 1. The second kappa shape index (κ2) is 5.55. The van der Waals surface area contributed by atoms with Crippen molar-refractivity contribution in [1.82, 2.24) is 5.32 Å². The van der Waals surface area contributed by atoms with Crippen molar-refractivity contribution in [1.29, 1.82) is 0 Å². The minimum Gasteiger partial charge on any atom is -0.368 e. The van der Waals surface area contributed by atoms with Gasteiger partial charge in [-0.1, -0.05) is 18.2 Å². The van der Waals surface area contributed by atoms with Crippen LogP contribution >= 0.6 is 0 Å². The lowest BCUT2D eigenvalue weighted by Crippen LogP contribution is -2.54. The van der Waals surface area contributed by atoms with Gasteiger partial charge in [0.1, 0.15) is 5.54 Å². The molecule has 1 aliphatic heterocycles. The summed E-state index contributed by atoms with van der Waals surface area (Å²) in [5.41, 5.74) is 4.88. The number of rotatable bonds is 4. The van der Waals surface area contributed by atoms with Crippen molar-refractivity contribution < 1.29 is 14.4 Å². The van der Waals surface area contributed by atoms with Crippen molar-refractivity contribution in [2.75, 3.05) is 11.4 Å². The predicted octanol–water partition coefficient (Wildman–Crippen LogP) is 0.420. The molecule has 21 heavy (non-hydrogen) atoms. The van der Waals surface area contributed by atoms with Crippen LogP contribution in [0.2, 0.25) is 0 Å². The van der Waals surface area contributed by atoms with Gasteiger partial charge in [0.2, 0.25) is 17.7 Å². The van der Waals surface area contributed by atoms with Crippen molar-refractivity contribution in [2.45, 2.75) is 25.8 Å². The average Bonchev–Trinajstić information content (AvgIpc) is 2.81. The van der Waals surface area contributed by atoms with Crippen molar-refractivity contribution in [2.24, 2.45) is 11.7 Å². The van der Waals surface area contributed by atoms with Crippen molar-refractivity contribution >= 4 is 23.4 Å². The minimum absolute atomic E-state index is 0.0989. The Hall–Kier alpha value is -2.37. The zero-order valence-electron chi connectivity index (χ0n) is 12.1. The molecule has 3 N–H and O–H groups in total. The number of nitrogens with two attached hydrogens (primary N) is 1. The summed E-state index contributed by atoms with van der Waals surface area (Å²) in [7, 11) is 0. The minimum atomic E-state index is -1.12. The van der Waals surface area contributed by atoms with Crippen LogP contribution in [0.25, 0.3) is 0 Å². The summed E-state index contributed by atoms with van der Waals surface area (Å²) in [5.74, 6) is -1.51. The van der Waals surface area contributed by atoms with Crippen LogP contribution in [0.3, 0.4) is 0 Å². The molecule has 1 heterocycles. The largest absolute Gasteiger partial charge is 0.368 e. The Balaban J connectivity index is 2.06. The van der Waals surface area contributed by atoms with E-state index in [4.69, 9.17) is 5.73 Å². The van der Waals surface area contributed by atoms with Gasteiger partial charge in [0.25, 0.3) is 0 Å². The summed E-state index contributed by atoms with van der Waals surface area (Å²) in [6.45, 7) is 3.39. The van der Waals surface area contributed by atoms with Crippen molar-refractivity contribution in [3.63, 3.8) is 0 Å². The molecule has 1 fully saturated rings. The molecule has 6 nitrogen and oxygen atoms in total. The van der Waals surface area contributed by atoms with E-state index in [2.05, 4.69) is 5.32 Å². The molecule has 112 valence electrons. The summed E-state index contributed by atoms with van der Waals surface area (Å²) >= 11 is 0. The zero-order valence-corrected chi connectivity index (χ0v) is 12.1. The van der Waals surface area contributed by atoms with E-state index < -0.39 is 17.4 Å². The Labute approximate surface area is 123 Å². The van der Waals surface area contributed by atoms with Crippen LogP contribution < -0.4 is 16.0 Å². The summed E-state index contributed by atoms with van der Waals surface area (Å²) in [4.78, 5) is 37.1. The fourth-order valence-corrected chi connectivity index (χ4v) is 2.21. The molecule has 0 aromatic heterocycles. The third-order valence-corrected chi connectivity index (χ3v) is 3.62. The molecule has 0 radical (unpaired) electrons. The molecule has 1 aliphatic rings. The van der Waals surface area contributed by atoms with Crippen LogP contribution in [-0.2, 0) is 14.4 Å². The van der Waals surface area contributed by atoms with Gasteiger partial charge in [-0.2, -0.15) is 0 Å². The van der Waals surface area contributed by atoms with Crippen LogP contribution in [-0.4, -0.2) is 29.8 Å². The fourth-order valence-electron chi connectivity index (χ4n) is 2.21. The summed E-state index contributed by atoms with van der Waals surface area (Å²) < 4.78 is 0. The first-order chi connectivity index (χ1) is 9.81. The molecule has 0 unspecified atom stereocenters. The van der Waals surface area contributed by atoms with Gasteiger partial charge in [-0.05, 0) is 26.0 Å². The Morgan fingerprint density at radius 2 is 1.90 bits per heavy atom. The molecule has 1 saturated heterocycles. The number of carbonyl (C=O) groups is 3. The van der Waals surface area contributed by atoms with Crippen LogP contribution in [0.4, 0.5) is 5.69 Å². The highest BCUT2D eigenvalue weighted by Crippen LogP contribution is 2.25. The van der Waals surface area contributed by atoms with E-state index in [0.29, 0.717) is 6.54 Å². The maximum Gasteiger partial charge on any atom is 0.242 e. The smallest absolute Gasteiger partial charge is 0.242 e. The molecule has 1 atom stereocenters. The first-order valence-electron chi connectivity index (χ1n) is 6.78. The number of hydrogen-bond acceptors (Lipinski definition) is 3. The van der Waals surface area contributed by atoms with Crippen molar-refractivity contribution in [3.05, 3.63) is 30.3 Å². The van der Waals surface area contributed by atoms with Crippen LogP contribution in [0, 0.1) is 5.92 Å². The first-order valence-corrected chi connectivity index (χ1v) is 6.78. The molecule has 0 saturated carbocycles. The van der Waals surface area contributed by atoms with E-state index in [1.165, 1.54) is 0 Å². The zero-order chi connectivity index (χ0) is 15.6. The summed E-state index contributed by atoms with van der Waals surface area (Å²) in [5, 5.41) is 2.60. The molecule has 3 amide bonds. The highest BCUT2D eigenvalue weighted by Gasteiger charge is 2.38. The molecule has 0 bridgehead atoms. The highest BCUT2D eigenvalue weighted by atomic mass is 16.2. The average molecular weight is 289 g/mol. The highest BCUT2D eigenvalue weighted by molar-refractivity contribution is 6.01. The second-order valence-corrected chi connectivity index (χ2v) is 5.72. The lowest BCUT2D eigenvalue weighted by molar-refractivity contribution is -0.132. The van der Waals surface area contributed by atoms with Gasteiger partial charge in [-0.25, -0.2) is 0 Å². The number of carbonyl (C=O) groups excluding carboxylic acids is 3. The Morgan fingerprint density at radius 3 is 2.48 bits per heavy atom. The van der Waals surface area contributed by atoms with E-state index in [1.807, 2.05) is 30.3 Å². The van der Waals surface area contributed by atoms with Gasteiger partial charge < -0.3 is 16.0 Å². The van der Waals surface area contributed by atoms with E-state index >= 15 is 0 Å². The van der Waals surface area contributed by atoms with Gasteiger partial charge in [0.15, 0.2) is 0 Å². The molecule has 0 spiro atoms. The molecule has 0 aliphatic carbocycles. The molecule has 1 aromatic rings. The fraction of sp³-hybridized carbons (Fsp3) is 0.400. The second-order valence-electron chi connectivity index (χ2n) is 5.72. The third kappa shape index (κ3) is 3.21. The molecule has 6 heteroatoms. The molecule has 1 aromatic carbocycles.